The highest BCUT2D eigenvalue weighted by molar-refractivity contribution is 6.01. The van der Waals surface area contributed by atoms with Crippen molar-refractivity contribution in [3.05, 3.63) is 53.1 Å². The van der Waals surface area contributed by atoms with E-state index in [-0.39, 0.29) is 18.1 Å². The van der Waals surface area contributed by atoms with Crippen LogP contribution in [0.1, 0.15) is 23.6 Å². The average molecular weight is 328 g/mol. The van der Waals surface area contributed by atoms with Gasteiger partial charge in [-0.1, -0.05) is 12.1 Å². The van der Waals surface area contributed by atoms with Crippen LogP contribution in [0.3, 0.4) is 0 Å². The maximum absolute atomic E-state index is 11.8. The van der Waals surface area contributed by atoms with Gasteiger partial charge >= 0.3 is 0 Å². The molecular formula is C18H20N2O4. The lowest BCUT2D eigenvalue weighted by molar-refractivity contribution is -0.123. The Hall–Kier alpha value is -3.02. The second-order valence-electron chi connectivity index (χ2n) is 5.49. The minimum Gasteiger partial charge on any atom is -0.508 e. The second-order valence-corrected chi connectivity index (χ2v) is 5.49. The quantitative estimate of drug-likeness (QED) is 0.581. The number of hydrogen-bond acceptors (Lipinski definition) is 5. The number of rotatable bonds is 5. The third-order valence-electron chi connectivity index (χ3n) is 3.42. The van der Waals surface area contributed by atoms with Crippen molar-refractivity contribution in [2.45, 2.75) is 20.8 Å². The Labute approximate surface area is 140 Å². The molecular weight excluding hydrogens is 308 g/mol. The van der Waals surface area contributed by atoms with E-state index in [1.807, 2.05) is 32.0 Å². The van der Waals surface area contributed by atoms with E-state index in [0.29, 0.717) is 17.0 Å². The minimum atomic E-state index is -0.409. The number of benzene rings is 2. The van der Waals surface area contributed by atoms with Crippen molar-refractivity contribution >= 4 is 11.6 Å². The number of aryl methyl sites for hydroxylation is 2. The molecule has 0 saturated carbocycles. The van der Waals surface area contributed by atoms with Crippen LogP contribution in [0.25, 0.3) is 0 Å². The number of phenols is 2. The fraction of sp³-hybridized carbons (Fsp3) is 0.222. The molecule has 0 aliphatic rings. The molecule has 1 amide bonds. The lowest BCUT2D eigenvalue weighted by Gasteiger charge is -2.09. The smallest absolute Gasteiger partial charge is 0.277 e. The van der Waals surface area contributed by atoms with Crippen LogP contribution in [0.2, 0.25) is 0 Å². The van der Waals surface area contributed by atoms with Gasteiger partial charge in [-0.3, -0.25) is 4.79 Å². The van der Waals surface area contributed by atoms with Crippen molar-refractivity contribution in [2.24, 2.45) is 5.10 Å². The Bertz CT molecular complexity index is 785. The number of hydrazone groups is 1. The monoisotopic (exact) mass is 328 g/mol. The maximum atomic E-state index is 11.8. The van der Waals surface area contributed by atoms with Gasteiger partial charge in [0.05, 0.1) is 5.71 Å². The van der Waals surface area contributed by atoms with E-state index >= 15 is 0 Å². The largest absolute Gasteiger partial charge is 0.508 e. The van der Waals surface area contributed by atoms with Gasteiger partial charge in [0.15, 0.2) is 6.61 Å². The summed E-state index contributed by atoms with van der Waals surface area (Å²) >= 11 is 0. The van der Waals surface area contributed by atoms with E-state index in [9.17, 15) is 15.0 Å². The molecule has 6 nitrogen and oxygen atoms in total. The van der Waals surface area contributed by atoms with Crippen molar-refractivity contribution in [1.82, 2.24) is 5.43 Å². The van der Waals surface area contributed by atoms with E-state index in [4.69, 9.17) is 4.74 Å². The summed E-state index contributed by atoms with van der Waals surface area (Å²) in [5.74, 6) is 0.0858. The van der Waals surface area contributed by atoms with Crippen LogP contribution in [0, 0.1) is 13.8 Å². The molecule has 0 aromatic heterocycles. The Morgan fingerprint density at radius 2 is 1.92 bits per heavy atom. The molecule has 0 heterocycles. The predicted octanol–water partition coefficient (Wildman–Crippen LogP) is 2.63. The van der Waals surface area contributed by atoms with Crippen LogP contribution in [-0.2, 0) is 4.79 Å². The third kappa shape index (κ3) is 4.49. The fourth-order valence-corrected chi connectivity index (χ4v) is 2.07. The zero-order chi connectivity index (χ0) is 17.7. The van der Waals surface area contributed by atoms with Crippen LogP contribution in [-0.4, -0.2) is 28.4 Å². The normalized spacial score (nSPS) is 11.2. The predicted molar refractivity (Wildman–Crippen MR) is 91.5 cm³/mol. The van der Waals surface area contributed by atoms with Gasteiger partial charge in [-0.25, -0.2) is 5.43 Å². The molecule has 3 N–H and O–H groups in total. The molecule has 0 radical (unpaired) electrons. The summed E-state index contributed by atoms with van der Waals surface area (Å²) in [7, 11) is 0. The average Bonchev–Trinajstić information content (AvgIpc) is 2.53. The molecule has 0 atom stereocenters. The second kappa shape index (κ2) is 7.50. The highest BCUT2D eigenvalue weighted by Gasteiger charge is 2.08. The van der Waals surface area contributed by atoms with Crippen LogP contribution >= 0.6 is 0 Å². The summed E-state index contributed by atoms with van der Waals surface area (Å²) in [5.41, 5.74) is 5.20. The lowest BCUT2D eigenvalue weighted by atomic mass is 10.1. The van der Waals surface area contributed by atoms with Crippen molar-refractivity contribution in [3.63, 3.8) is 0 Å². The molecule has 6 heteroatoms. The number of carbonyl (C=O) groups excluding carboxylic acids is 1. The van der Waals surface area contributed by atoms with E-state index in [1.54, 1.807) is 6.92 Å². The minimum absolute atomic E-state index is 0.0463. The third-order valence-corrected chi connectivity index (χ3v) is 3.42. The molecule has 0 spiro atoms. The van der Waals surface area contributed by atoms with Gasteiger partial charge in [-0.05, 0) is 50.1 Å². The zero-order valence-electron chi connectivity index (χ0n) is 13.8. The first-order chi connectivity index (χ1) is 11.4. The van der Waals surface area contributed by atoms with Crippen molar-refractivity contribution in [2.75, 3.05) is 6.61 Å². The van der Waals surface area contributed by atoms with Gasteiger partial charge in [0, 0.05) is 11.6 Å². The van der Waals surface area contributed by atoms with Gasteiger partial charge < -0.3 is 14.9 Å². The number of hydrogen-bond donors (Lipinski definition) is 3. The molecule has 0 aliphatic carbocycles. The van der Waals surface area contributed by atoms with Crippen LogP contribution in [0.5, 0.6) is 17.2 Å². The Morgan fingerprint density at radius 1 is 1.17 bits per heavy atom. The van der Waals surface area contributed by atoms with E-state index < -0.39 is 5.91 Å². The lowest BCUT2D eigenvalue weighted by Crippen LogP contribution is -2.25. The van der Waals surface area contributed by atoms with Crippen LogP contribution in [0.4, 0.5) is 0 Å². The molecule has 2 rings (SSSR count). The SMILES string of the molecule is C/C(=N\NC(=O)COc1cc(C)ccc1C)c1ccc(O)cc1O. The molecule has 24 heavy (non-hydrogen) atoms. The highest BCUT2D eigenvalue weighted by atomic mass is 16.5. The first-order valence-corrected chi connectivity index (χ1v) is 7.42. The fourth-order valence-electron chi connectivity index (χ4n) is 2.07. The summed E-state index contributed by atoms with van der Waals surface area (Å²) < 4.78 is 5.49. The van der Waals surface area contributed by atoms with Gasteiger partial charge in [0.25, 0.3) is 5.91 Å². The van der Waals surface area contributed by atoms with E-state index in [2.05, 4.69) is 10.5 Å². The molecule has 2 aromatic carbocycles. The van der Waals surface area contributed by atoms with Crippen LogP contribution in [0.15, 0.2) is 41.5 Å². The van der Waals surface area contributed by atoms with E-state index in [1.165, 1.54) is 18.2 Å². The Morgan fingerprint density at radius 3 is 2.62 bits per heavy atom. The molecule has 0 bridgehead atoms. The van der Waals surface area contributed by atoms with Crippen LogP contribution < -0.4 is 10.2 Å². The molecule has 0 fully saturated rings. The van der Waals surface area contributed by atoms with Gasteiger partial charge in [0.2, 0.25) is 0 Å². The van der Waals surface area contributed by atoms with Gasteiger partial charge in [0.1, 0.15) is 17.2 Å². The van der Waals surface area contributed by atoms with Crippen molar-refractivity contribution < 1.29 is 19.7 Å². The summed E-state index contributed by atoms with van der Waals surface area (Å²) in [6.07, 6.45) is 0. The molecule has 0 unspecified atom stereocenters. The summed E-state index contributed by atoms with van der Waals surface area (Å²) in [4.78, 5) is 11.8. The Kier molecular flexibility index (Phi) is 5.42. The van der Waals surface area contributed by atoms with E-state index in [0.717, 1.165) is 11.1 Å². The molecule has 2 aromatic rings. The Balaban J connectivity index is 1.95. The van der Waals surface area contributed by atoms with Crippen molar-refractivity contribution in [3.8, 4) is 17.2 Å². The number of aromatic hydroxyl groups is 2. The number of nitrogens with zero attached hydrogens (tertiary/aromatic N) is 1. The number of ether oxygens (including phenoxy) is 1. The molecule has 0 aliphatic heterocycles. The summed E-state index contributed by atoms with van der Waals surface area (Å²) in [5, 5.41) is 23.0. The number of nitrogens with one attached hydrogen (secondary N) is 1. The topological polar surface area (TPSA) is 91.2 Å². The van der Waals surface area contributed by atoms with Gasteiger partial charge in [-0.15, -0.1) is 0 Å². The molecule has 126 valence electrons. The summed E-state index contributed by atoms with van der Waals surface area (Å²) in [6.45, 7) is 5.33. The standard InChI is InChI=1S/C18H20N2O4/c1-11-4-5-12(2)17(8-11)24-10-18(23)20-19-13(3)15-7-6-14(21)9-16(15)22/h4-9,21-22H,10H2,1-3H3,(H,20,23)/b19-13+. The van der Waals surface area contributed by atoms with Gasteiger partial charge in [-0.2, -0.15) is 5.10 Å². The maximum Gasteiger partial charge on any atom is 0.277 e. The number of carbonyl (C=O) groups is 1. The summed E-state index contributed by atoms with van der Waals surface area (Å²) in [6, 6.07) is 9.92. The number of amides is 1. The zero-order valence-corrected chi connectivity index (χ0v) is 13.8. The first-order valence-electron chi connectivity index (χ1n) is 7.42. The molecule has 0 saturated heterocycles. The highest BCUT2D eigenvalue weighted by Crippen LogP contribution is 2.23. The number of phenolic OH excluding ortho intramolecular Hbond substituents is 2. The van der Waals surface area contributed by atoms with Crippen molar-refractivity contribution in [1.29, 1.82) is 0 Å². The first kappa shape index (κ1) is 17.3.